The summed E-state index contributed by atoms with van der Waals surface area (Å²) < 4.78 is 2.11. The normalized spacial score (nSPS) is 11.5. The predicted octanol–water partition coefficient (Wildman–Crippen LogP) is 3.89. The first-order valence-corrected chi connectivity index (χ1v) is 9.66. The molecule has 0 saturated heterocycles. The van der Waals surface area contributed by atoms with Crippen LogP contribution in [0.3, 0.4) is 0 Å². The van der Waals surface area contributed by atoms with Gasteiger partial charge in [-0.2, -0.15) is 10.1 Å². The van der Waals surface area contributed by atoms with Gasteiger partial charge in [0.1, 0.15) is 17.0 Å². The first-order chi connectivity index (χ1) is 15.2. The largest absolute Gasteiger partial charge is 0.508 e. The molecule has 0 radical (unpaired) electrons. The fourth-order valence-corrected chi connectivity index (χ4v) is 3.48. The van der Waals surface area contributed by atoms with Crippen molar-refractivity contribution in [1.29, 1.82) is 0 Å². The van der Waals surface area contributed by atoms with Crippen LogP contribution in [-0.4, -0.2) is 36.2 Å². The molecule has 152 valence electrons. The van der Waals surface area contributed by atoms with Gasteiger partial charge in [0.2, 0.25) is 0 Å². The standard InChI is InChI=1S/C23H18N6O2/c30-17-11-10-16(20(31)12-17)13-24-27-23-25-22-21(26-28-23)18-8-4-5-9-19(18)29(22)14-15-6-2-1-3-7-15/h1-13,30-31H,14H2,(H,25,27,28)/b24-13-. The average Bonchev–Trinajstić information content (AvgIpc) is 3.09. The van der Waals surface area contributed by atoms with E-state index in [-0.39, 0.29) is 17.4 Å². The summed E-state index contributed by atoms with van der Waals surface area (Å²) in [6.45, 7) is 0.646. The molecule has 5 aromatic rings. The van der Waals surface area contributed by atoms with Gasteiger partial charge in [0.15, 0.2) is 5.65 Å². The average molecular weight is 410 g/mol. The first kappa shape index (κ1) is 18.6. The maximum atomic E-state index is 9.86. The van der Waals surface area contributed by atoms with Crippen molar-refractivity contribution in [2.24, 2.45) is 5.10 Å². The second kappa shape index (κ2) is 7.75. The van der Waals surface area contributed by atoms with E-state index in [1.165, 1.54) is 18.3 Å². The Morgan fingerprint density at radius 1 is 0.935 bits per heavy atom. The molecule has 0 saturated carbocycles. The van der Waals surface area contributed by atoms with Crippen LogP contribution in [0.25, 0.3) is 22.1 Å². The van der Waals surface area contributed by atoms with Crippen LogP contribution in [0.4, 0.5) is 5.95 Å². The molecule has 0 bridgehead atoms. The Morgan fingerprint density at radius 2 is 1.74 bits per heavy atom. The van der Waals surface area contributed by atoms with Crippen molar-refractivity contribution >= 4 is 34.2 Å². The molecule has 8 nitrogen and oxygen atoms in total. The Morgan fingerprint density at radius 3 is 2.58 bits per heavy atom. The highest BCUT2D eigenvalue weighted by atomic mass is 16.3. The number of hydrazone groups is 1. The summed E-state index contributed by atoms with van der Waals surface area (Å²) in [7, 11) is 0. The van der Waals surface area contributed by atoms with E-state index in [1.54, 1.807) is 6.07 Å². The van der Waals surface area contributed by atoms with Gasteiger partial charge < -0.3 is 14.8 Å². The van der Waals surface area contributed by atoms with Gasteiger partial charge in [0.05, 0.1) is 11.7 Å². The zero-order valence-corrected chi connectivity index (χ0v) is 16.3. The molecular weight excluding hydrogens is 392 g/mol. The molecule has 0 aliphatic rings. The minimum absolute atomic E-state index is 0.0214. The second-order valence-corrected chi connectivity index (χ2v) is 7.01. The highest BCUT2D eigenvalue weighted by Gasteiger charge is 2.14. The number of phenolic OH excluding ortho intramolecular Hbond substituents is 2. The quantitative estimate of drug-likeness (QED) is 0.300. The van der Waals surface area contributed by atoms with E-state index >= 15 is 0 Å². The molecule has 2 aromatic heterocycles. The lowest BCUT2D eigenvalue weighted by atomic mass is 10.2. The highest BCUT2D eigenvalue weighted by Crippen LogP contribution is 2.27. The van der Waals surface area contributed by atoms with Crippen molar-refractivity contribution in [1.82, 2.24) is 19.7 Å². The van der Waals surface area contributed by atoms with E-state index in [2.05, 4.69) is 42.4 Å². The van der Waals surface area contributed by atoms with Gasteiger partial charge in [-0.1, -0.05) is 48.5 Å². The molecule has 5 rings (SSSR count). The molecule has 0 aliphatic heterocycles. The number of nitrogens with one attached hydrogen (secondary N) is 1. The van der Waals surface area contributed by atoms with E-state index in [1.807, 2.05) is 42.5 Å². The summed E-state index contributed by atoms with van der Waals surface area (Å²) in [4.78, 5) is 4.64. The summed E-state index contributed by atoms with van der Waals surface area (Å²) in [5, 5.41) is 32.8. The van der Waals surface area contributed by atoms with Gasteiger partial charge in [0.25, 0.3) is 5.95 Å². The predicted molar refractivity (Wildman–Crippen MR) is 119 cm³/mol. The number of aromatic hydroxyl groups is 2. The van der Waals surface area contributed by atoms with Gasteiger partial charge in [-0.05, 0) is 23.8 Å². The van der Waals surface area contributed by atoms with Crippen LogP contribution in [-0.2, 0) is 6.54 Å². The molecule has 8 heteroatoms. The molecule has 0 atom stereocenters. The van der Waals surface area contributed by atoms with Gasteiger partial charge >= 0.3 is 0 Å². The molecule has 31 heavy (non-hydrogen) atoms. The molecular formula is C23H18N6O2. The number of hydrogen-bond acceptors (Lipinski definition) is 7. The van der Waals surface area contributed by atoms with Crippen LogP contribution >= 0.6 is 0 Å². The molecule has 0 spiro atoms. The van der Waals surface area contributed by atoms with E-state index in [0.29, 0.717) is 17.8 Å². The first-order valence-electron chi connectivity index (χ1n) is 9.66. The minimum Gasteiger partial charge on any atom is -0.508 e. The Labute approximate surface area is 177 Å². The van der Waals surface area contributed by atoms with Crippen molar-refractivity contribution in [2.45, 2.75) is 6.54 Å². The Balaban J connectivity index is 1.51. The topological polar surface area (TPSA) is 108 Å². The molecule has 3 aromatic carbocycles. The number of rotatable bonds is 5. The zero-order chi connectivity index (χ0) is 21.2. The Bertz CT molecular complexity index is 1410. The smallest absolute Gasteiger partial charge is 0.265 e. The molecule has 0 aliphatic carbocycles. The number of aromatic nitrogens is 4. The lowest BCUT2D eigenvalue weighted by molar-refractivity contribution is 0.450. The van der Waals surface area contributed by atoms with Gasteiger partial charge in [-0.15, -0.1) is 10.2 Å². The molecule has 0 unspecified atom stereocenters. The van der Waals surface area contributed by atoms with E-state index in [4.69, 9.17) is 0 Å². The van der Waals surface area contributed by atoms with Crippen LogP contribution in [0.5, 0.6) is 11.5 Å². The Hall–Kier alpha value is -4.46. The lowest BCUT2D eigenvalue weighted by Gasteiger charge is -2.07. The van der Waals surface area contributed by atoms with Crippen molar-refractivity contribution < 1.29 is 10.2 Å². The fraction of sp³-hybridized carbons (Fsp3) is 0.0435. The number of para-hydroxylation sites is 1. The van der Waals surface area contributed by atoms with E-state index < -0.39 is 0 Å². The Kier molecular flexibility index (Phi) is 4.64. The highest BCUT2D eigenvalue weighted by molar-refractivity contribution is 6.04. The third-order valence-corrected chi connectivity index (χ3v) is 4.94. The van der Waals surface area contributed by atoms with Crippen molar-refractivity contribution in [3.63, 3.8) is 0 Å². The number of anilines is 1. The second-order valence-electron chi connectivity index (χ2n) is 7.01. The SMILES string of the molecule is Oc1ccc(/C=N\Nc2nnc3c4ccccc4n(Cc4ccccc4)c3n2)c(O)c1. The van der Waals surface area contributed by atoms with E-state index in [9.17, 15) is 10.2 Å². The summed E-state index contributed by atoms with van der Waals surface area (Å²) in [5.74, 6) is 0.133. The number of fused-ring (bicyclic) bond motifs is 3. The minimum atomic E-state index is -0.0805. The monoisotopic (exact) mass is 410 g/mol. The van der Waals surface area contributed by atoms with Crippen molar-refractivity contribution in [3.8, 4) is 11.5 Å². The summed E-state index contributed by atoms with van der Waals surface area (Å²) >= 11 is 0. The van der Waals surface area contributed by atoms with E-state index in [0.717, 1.165) is 22.0 Å². The number of benzene rings is 3. The molecule has 0 fully saturated rings. The lowest BCUT2D eigenvalue weighted by Crippen LogP contribution is -2.04. The maximum absolute atomic E-state index is 9.86. The molecule has 3 N–H and O–H groups in total. The van der Waals surface area contributed by atoms with Gasteiger partial charge in [0, 0.05) is 23.6 Å². The van der Waals surface area contributed by atoms with Gasteiger partial charge in [-0.3, -0.25) is 0 Å². The summed E-state index contributed by atoms with van der Waals surface area (Å²) in [6, 6.07) is 22.4. The number of nitrogens with zero attached hydrogens (tertiary/aromatic N) is 5. The fourth-order valence-electron chi connectivity index (χ4n) is 3.48. The van der Waals surface area contributed by atoms with Crippen LogP contribution in [0.2, 0.25) is 0 Å². The number of hydrogen-bond donors (Lipinski definition) is 3. The molecule has 0 amide bonds. The van der Waals surface area contributed by atoms with Crippen molar-refractivity contribution in [3.05, 3.63) is 83.9 Å². The number of phenols is 2. The third kappa shape index (κ3) is 3.62. The van der Waals surface area contributed by atoms with Crippen LogP contribution < -0.4 is 5.43 Å². The van der Waals surface area contributed by atoms with Crippen LogP contribution in [0.1, 0.15) is 11.1 Å². The third-order valence-electron chi connectivity index (χ3n) is 4.94. The van der Waals surface area contributed by atoms with Crippen LogP contribution in [0, 0.1) is 0 Å². The molecule has 2 heterocycles. The maximum Gasteiger partial charge on any atom is 0.265 e. The zero-order valence-electron chi connectivity index (χ0n) is 16.3. The van der Waals surface area contributed by atoms with Crippen LogP contribution in [0.15, 0.2) is 77.9 Å². The van der Waals surface area contributed by atoms with Gasteiger partial charge in [-0.25, -0.2) is 5.43 Å². The summed E-state index contributed by atoms with van der Waals surface area (Å²) in [5.41, 5.74) is 6.80. The van der Waals surface area contributed by atoms with Crippen molar-refractivity contribution in [2.75, 3.05) is 5.43 Å². The summed E-state index contributed by atoms with van der Waals surface area (Å²) in [6.07, 6.45) is 1.42.